The number of benzene rings is 2. The van der Waals surface area contributed by atoms with Gasteiger partial charge in [0.2, 0.25) is 0 Å². The second-order valence-corrected chi connectivity index (χ2v) is 7.90. The van der Waals surface area contributed by atoms with Gasteiger partial charge < -0.3 is 10.4 Å². The van der Waals surface area contributed by atoms with Crippen LogP contribution in [0.1, 0.15) is 20.0 Å². The Bertz CT molecular complexity index is 1280. The van der Waals surface area contributed by atoms with Gasteiger partial charge in [-0.1, -0.05) is 24.3 Å². The fourth-order valence-corrected chi connectivity index (χ4v) is 3.96. The molecule has 2 amide bonds. The molecular weight excluding hydrogens is 426 g/mol. The first-order chi connectivity index (χ1) is 15.5. The maximum Gasteiger partial charge on any atom is 0.409 e. The van der Waals surface area contributed by atoms with Gasteiger partial charge in [0.05, 0.1) is 16.3 Å². The number of nitrogens with zero attached hydrogens (tertiary/aromatic N) is 1. The first-order valence-corrected chi connectivity index (χ1v) is 10.4. The van der Waals surface area contributed by atoms with Crippen LogP contribution in [0.3, 0.4) is 0 Å². The van der Waals surface area contributed by atoms with Gasteiger partial charge in [-0.05, 0) is 59.2 Å². The lowest BCUT2D eigenvalue weighted by Crippen LogP contribution is -2.15. The molecule has 0 aliphatic carbocycles. The summed E-state index contributed by atoms with van der Waals surface area (Å²) in [6.45, 7) is 0. The third kappa shape index (κ3) is 4.71. The monoisotopic (exact) mass is 443 g/mol. The molecule has 7 nitrogen and oxygen atoms in total. The third-order valence-corrected chi connectivity index (χ3v) is 5.74. The van der Waals surface area contributed by atoms with Gasteiger partial charge in [-0.2, -0.15) is 0 Å². The van der Waals surface area contributed by atoms with Crippen molar-refractivity contribution >= 4 is 41.0 Å². The predicted molar refractivity (Wildman–Crippen MR) is 124 cm³/mol. The summed E-state index contributed by atoms with van der Waals surface area (Å²) in [7, 11) is 0. The molecule has 0 fully saturated rings. The average Bonchev–Trinajstić information content (AvgIpc) is 3.30. The van der Waals surface area contributed by atoms with Gasteiger partial charge >= 0.3 is 6.09 Å². The molecule has 0 radical (unpaired) electrons. The summed E-state index contributed by atoms with van der Waals surface area (Å²) >= 11 is 1.31. The molecule has 3 N–H and O–H groups in total. The summed E-state index contributed by atoms with van der Waals surface area (Å²) in [6.07, 6.45) is 2.96. The van der Waals surface area contributed by atoms with E-state index in [1.54, 1.807) is 54.9 Å². The van der Waals surface area contributed by atoms with Gasteiger partial charge in [-0.15, -0.1) is 11.3 Å². The Labute approximate surface area is 187 Å². The normalized spacial score (nSPS) is 10.4. The summed E-state index contributed by atoms with van der Waals surface area (Å²) in [5.41, 5.74) is 3.59. The van der Waals surface area contributed by atoms with Crippen LogP contribution in [0.2, 0.25) is 0 Å². The molecule has 0 saturated heterocycles. The number of hydrogen-bond donors (Lipinski definition) is 3. The topological polar surface area (TPSA) is 108 Å². The Kier molecular flexibility index (Phi) is 6.05. The molecule has 2 aromatic heterocycles. The maximum absolute atomic E-state index is 12.9. The van der Waals surface area contributed by atoms with Crippen molar-refractivity contribution in [1.82, 2.24) is 4.98 Å². The van der Waals surface area contributed by atoms with Gasteiger partial charge in [-0.3, -0.25) is 19.9 Å². The van der Waals surface area contributed by atoms with Crippen molar-refractivity contribution in [2.45, 2.75) is 0 Å². The van der Waals surface area contributed by atoms with Crippen molar-refractivity contribution in [3.8, 4) is 21.6 Å². The van der Waals surface area contributed by atoms with Crippen molar-refractivity contribution < 1.29 is 19.5 Å². The molecule has 158 valence electrons. The minimum atomic E-state index is -1.24. The predicted octanol–water partition coefficient (Wildman–Crippen LogP) is 5.63. The van der Waals surface area contributed by atoms with Crippen molar-refractivity contribution in [3.05, 3.63) is 89.6 Å². The van der Waals surface area contributed by atoms with Crippen molar-refractivity contribution in [2.75, 3.05) is 10.6 Å². The van der Waals surface area contributed by atoms with Gasteiger partial charge in [0.25, 0.3) is 5.91 Å². The molecule has 8 heteroatoms. The highest BCUT2D eigenvalue weighted by atomic mass is 32.1. The highest BCUT2D eigenvalue weighted by Gasteiger charge is 2.14. The lowest BCUT2D eigenvalue weighted by atomic mass is 10.1. The largest absolute Gasteiger partial charge is 0.465 e. The SMILES string of the molecule is O=Cc1ccc(-c2ccc(NC(=O)O)c(NC(=O)c3ccc(-c4cccnc4)cc3)c2)s1. The summed E-state index contributed by atoms with van der Waals surface area (Å²) in [4.78, 5) is 40.5. The van der Waals surface area contributed by atoms with E-state index in [1.165, 1.54) is 11.3 Å². The molecule has 0 aliphatic rings. The number of pyridine rings is 1. The van der Waals surface area contributed by atoms with E-state index in [9.17, 15) is 14.4 Å². The summed E-state index contributed by atoms with van der Waals surface area (Å²) < 4.78 is 0. The van der Waals surface area contributed by atoms with Crippen molar-refractivity contribution in [2.24, 2.45) is 0 Å². The Morgan fingerprint density at radius 1 is 0.875 bits per heavy atom. The summed E-state index contributed by atoms with van der Waals surface area (Å²) in [5.74, 6) is -0.381. The Morgan fingerprint density at radius 3 is 2.31 bits per heavy atom. The number of hydrogen-bond acceptors (Lipinski definition) is 5. The van der Waals surface area contributed by atoms with E-state index in [-0.39, 0.29) is 11.6 Å². The van der Waals surface area contributed by atoms with E-state index in [0.29, 0.717) is 16.1 Å². The van der Waals surface area contributed by atoms with Crippen LogP contribution in [0.25, 0.3) is 21.6 Å². The summed E-state index contributed by atoms with van der Waals surface area (Å²) in [6, 6.07) is 19.3. The smallest absolute Gasteiger partial charge is 0.409 e. The van der Waals surface area contributed by atoms with Crippen LogP contribution < -0.4 is 10.6 Å². The molecule has 0 spiro atoms. The van der Waals surface area contributed by atoms with Crippen LogP contribution in [0.15, 0.2) is 79.1 Å². The van der Waals surface area contributed by atoms with E-state index in [4.69, 9.17) is 5.11 Å². The lowest BCUT2D eigenvalue weighted by molar-refractivity contribution is 0.102. The molecule has 0 aliphatic heterocycles. The number of nitrogens with one attached hydrogen (secondary N) is 2. The second kappa shape index (κ2) is 9.23. The number of carbonyl (C=O) groups excluding carboxylic acids is 2. The van der Waals surface area contributed by atoms with Crippen molar-refractivity contribution in [1.29, 1.82) is 0 Å². The molecule has 0 unspecified atom stereocenters. The van der Waals surface area contributed by atoms with Crippen LogP contribution >= 0.6 is 11.3 Å². The Balaban J connectivity index is 1.61. The maximum atomic E-state index is 12.9. The first-order valence-electron chi connectivity index (χ1n) is 9.54. The minimum absolute atomic E-state index is 0.244. The van der Waals surface area contributed by atoms with Gasteiger partial charge in [-0.25, -0.2) is 4.79 Å². The number of thiophene rings is 1. The fraction of sp³-hybridized carbons (Fsp3) is 0. The Morgan fingerprint density at radius 2 is 1.66 bits per heavy atom. The zero-order valence-corrected chi connectivity index (χ0v) is 17.4. The van der Waals surface area contributed by atoms with Crippen LogP contribution in [0, 0.1) is 0 Å². The Hall–Kier alpha value is -4.30. The van der Waals surface area contributed by atoms with E-state index < -0.39 is 6.09 Å². The van der Waals surface area contributed by atoms with Crippen LogP contribution in [-0.4, -0.2) is 28.4 Å². The molecular formula is C24H17N3O4S. The van der Waals surface area contributed by atoms with Gasteiger partial charge in [0.1, 0.15) is 0 Å². The molecule has 0 saturated carbocycles. The van der Waals surface area contributed by atoms with Gasteiger partial charge in [0.15, 0.2) is 6.29 Å². The zero-order chi connectivity index (χ0) is 22.5. The quantitative estimate of drug-likeness (QED) is 0.335. The highest BCUT2D eigenvalue weighted by molar-refractivity contribution is 7.17. The standard InChI is InChI=1S/C24H17N3O4S/c28-14-19-8-10-22(32-19)17-7-9-20(27-24(30)31)21(12-17)26-23(29)16-5-3-15(4-6-16)18-2-1-11-25-13-18/h1-14,27H,(H,26,29)(H,30,31). The summed E-state index contributed by atoms with van der Waals surface area (Å²) in [5, 5.41) is 14.2. The molecule has 0 atom stereocenters. The third-order valence-electron chi connectivity index (χ3n) is 4.68. The molecule has 4 aromatic rings. The molecule has 2 aromatic carbocycles. The second-order valence-electron chi connectivity index (χ2n) is 6.78. The van der Waals surface area contributed by atoms with Gasteiger partial charge in [0, 0.05) is 22.8 Å². The highest BCUT2D eigenvalue weighted by Crippen LogP contribution is 2.33. The van der Waals surface area contributed by atoms with E-state index in [0.717, 1.165) is 27.9 Å². The number of amides is 2. The number of rotatable bonds is 6. The number of anilines is 2. The molecule has 0 bridgehead atoms. The number of aromatic nitrogens is 1. The first kappa shape index (κ1) is 21.0. The number of carboxylic acid groups (broad SMARTS) is 1. The van der Waals surface area contributed by atoms with Crippen molar-refractivity contribution in [3.63, 3.8) is 0 Å². The minimum Gasteiger partial charge on any atom is -0.465 e. The van der Waals surface area contributed by atoms with E-state index in [2.05, 4.69) is 15.6 Å². The van der Waals surface area contributed by atoms with E-state index >= 15 is 0 Å². The van der Waals surface area contributed by atoms with Crippen LogP contribution in [-0.2, 0) is 0 Å². The number of carbonyl (C=O) groups is 3. The van der Waals surface area contributed by atoms with Crippen LogP contribution in [0.4, 0.5) is 16.2 Å². The molecule has 32 heavy (non-hydrogen) atoms. The van der Waals surface area contributed by atoms with Crippen LogP contribution in [0.5, 0.6) is 0 Å². The molecule has 4 rings (SSSR count). The molecule has 2 heterocycles. The average molecular weight is 443 g/mol. The fourth-order valence-electron chi connectivity index (χ4n) is 3.14. The zero-order valence-electron chi connectivity index (χ0n) is 16.6. The lowest BCUT2D eigenvalue weighted by Gasteiger charge is -2.13. The number of aldehydes is 1. The van der Waals surface area contributed by atoms with E-state index in [1.807, 2.05) is 24.3 Å².